The second-order valence-corrected chi connectivity index (χ2v) is 4.51. The summed E-state index contributed by atoms with van der Waals surface area (Å²) in [5.41, 5.74) is 0. The standard InChI is InChI=1S/C12H23NO3/c1-3-4-10(2)8-16-12(14)7-11-9-15-6-5-13-11/h10-11,13H,3-9H2,1-2H3. The van der Waals surface area contributed by atoms with E-state index in [-0.39, 0.29) is 12.0 Å². The molecular formula is C12H23NO3. The normalized spacial score (nSPS) is 22.8. The van der Waals surface area contributed by atoms with Crippen molar-refractivity contribution in [2.45, 2.75) is 39.2 Å². The molecule has 1 saturated heterocycles. The zero-order valence-electron chi connectivity index (χ0n) is 10.3. The van der Waals surface area contributed by atoms with Crippen molar-refractivity contribution in [3.05, 3.63) is 0 Å². The van der Waals surface area contributed by atoms with Crippen LogP contribution in [-0.2, 0) is 14.3 Å². The third-order valence-electron chi connectivity index (χ3n) is 2.72. The predicted octanol–water partition coefficient (Wildman–Crippen LogP) is 1.34. The first kappa shape index (κ1) is 13.5. The summed E-state index contributed by atoms with van der Waals surface area (Å²) < 4.78 is 10.5. The molecule has 16 heavy (non-hydrogen) atoms. The lowest BCUT2D eigenvalue weighted by Gasteiger charge is -2.23. The maximum absolute atomic E-state index is 11.5. The van der Waals surface area contributed by atoms with E-state index in [2.05, 4.69) is 19.2 Å². The van der Waals surface area contributed by atoms with Crippen LogP contribution in [0.2, 0.25) is 0 Å². The van der Waals surface area contributed by atoms with Gasteiger partial charge in [-0.15, -0.1) is 0 Å². The Hall–Kier alpha value is -0.610. The highest BCUT2D eigenvalue weighted by Crippen LogP contribution is 2.07. The smallest absolute Gasteiger partial charge is 0.307 e. The first-order valence-corrected chi connectivity index (χ1v) is 6.19. The first-order valence-electron chi connectivity index (χ1n) is 6.19. The number of hydrogen-bond acceptors (Lipinski definition) is 4. The number of ether oxygens (including phenoxy) is 2. The lowest BCUT2D eigenvalue weighted by atomic mass is 10.1. The molecule has 0 bridgehead atoms. The van der Waals surface area contributed by atoms with E-state index in [4.69, 9.17) is 9.47 Å². The molecule has 1 N–H and O–H groups in total. The lowest BCUT2D eigenvalue weighted by Crippen LogP contribution is -2.42. The second kappa shape index (κ2) is 7.63. The van der Waals surface area contributed by atoms with Crippen LogP contribution in [0.25, 0.3) is 0 Å². The van der Waals surface area contributed by atoms with Crippen LogP contribution in [0.3, 0.4) is 0 Å². The number of morpholine rings is 1. The van der Waals surface area contributed by atoms with Gasteiger partial charge in [0.1, 0.15) is 0 Å². The molecule has 0 aliphatic carbocycles. The predicted molar refractivity (Wildman–Crippen MR) is 62.3 cm³/mol. The summed E-state index contributed by atoms with van der Waals surface area (Å²) in [5, 5.41) is 3.24. The summed E-state index contributed by atoms with van der Waals surface area (Å²) >= 11 is 0. The minimum absolute atomic E-state index is 0.119. The van der Waals surface area contributed by atoms with E-state index in [0.29, 0.717) is 25.6 Å². The quantitative estimate of drug-likeness (QED) is 0.698. The minimum atomic E-state index is -0.119. The second-order valence-electron chi connectivity index (χ2n) is 4.51. The Morgan fingerprint density at radius 1 is 1.62 bits per heavy atom. The van der Waals surface area contributed by atoms with Crippen LogP contribution in [-0.4, -0.2) is 38.4 Å². The van der Waals surface area contributed by atoms with E-state index in [0.717, 1.165) is 26.0 Å². The third-order valence-corrected chi connectivity index (χ3v) is 2.72. The minimum Gasteiger partial charge on any atom is -0.465 e. The fourth-order valence-corrected chi connectivity index (χ4v) is 1.82. The molecule has 2 unspecified atom stereocenters. The van der Waals surface area contributed by atoms with Crippen LogP contribution in [0.1, 0.15) is 33.1 Å². The van der Waals surface area contributed by atoms with E-state index in [1.54, 1.807) is 0 Å². The van der Waals surface area contributed by atoms with Gasteiger partial charge in [-0.2, -0.15) is 0 Å². The molecule has 0 radical (unpaired) electrons. The molecule has 2 atom stereocenters. The van der Waals surface area contributed by atoms with Crippen molar-refractivity contribution in [1.82, 2.24) is 5.32 Å². The van der Waals surface area contributed by atoms with E-state index in [1.807, 2.05) is 0 Å². The number of esters is 1. The van der Waals surface area contributed by atoms with Crippen LogP contribution in [0.4, 0.5) is 0 Å². The molecule has 1 fully saturated rings. The number of carbonyl (C=O) groups is 1. The van der Waals surface area contributed by atoms with Crippen molar-refractivity contribution in [1.29, 1.82) is 0 Å². The van der Waals surface area contributed by atoms with Gasteiger partial charge in [-0.3, -0.25) is 4.79 Å². The van der Waals surface area contributed by atoms with Crippen LogP contribution in [0.5, 0.6) is 0 Å². The number of nitrogens with one attached hydrogen (secondary N) is 1. The molecule has 1 rings (SSSR count). The van der Waals surface area contributed by atoms with Gasteiger partial charge in [0.2, 0.25) is 0 Å². The highest BCUT2D eigenvalue weighted by Gasteiger charge is 2.18. The monoisotopic (exact) mass is 229 g/mol. The highest BCUT2D eigenvalue weighted by molar-refractivity contribution is 5.70. The number of carbonyl (C=O) groups excluding carboxylic acids is 1. The summed E-state index contributed by atoms with van der Waals surface area (Å²) in [6.07, 6.45) is 2.66. The van der Waals surface area contributed by atoms with E-state index < -0.39 is 0 Å². The van der Waals surface area contributed by atoms with Gasteiger partial charge in [0.15, 0.2) is 0 Å². The fourth-order valence-electron chi connectivity index (χ4n) is 1.82. The maximum Gasteiger partial charge on any atom is 0.307 e. The van der Waals surface area contributed by atoms with E-state index in [1.165, 1.54) is 0 Å². The van der Waals surface area contributed by atoms with Gasteiger partial charge >= 0.3 is 5.97 Å². The fraction of sp³-hybridized carbons (Fsp3) is 0.917. The van der Waals surface area contributed by atoms with Gasteiger partial charge in [0, 0.05) is 12.6 Å². The van der Waals surface area contributed by atoms with Gasteiger partial charge in [-0.05, 0) is 12.3 Å². The van der Waals surface area contributed by atoms with Crippen molar-refractivity contribution in [3.63, 3.8) is 0 Å². The van der Waals surface area contributed by atoms with Crippen molar-refractivity contribution < 1.29 is 14.3 Å². The van der Waals surface area contributed by atoms with Crippen LogP contribution in [0, 0.1) is 5.92 Å². The molecule has 1 heterocycles. The number of hydrogen-bond donors (Lipinski definition) is 1. The summed E-state index contributed by atoms with van der Waals surface area (Å²) in [6, 6.07) is 0.128. The Kier molecular flexibility index (Phi) is 6.42. The van der Waals surface area contributed by atoms with Gasteiger partial charge in [-0.25, -0.2) is 0 Å². The molecule has 0 aromatic carbocycles. The molecule has 0 aromatic rings. The van der Waals surface area contributed by atoms with E-state index in [9.17, 15) is 4.79 Å². The average molecular weight is 229 g/mol. The van der Waals surface area contributed by atoms with Gasteiger partial charge in [-0.1, -0.05) is 20.3 Å². The van der Waals surface area contributed by atoms with Crippen LogP contribution >= 0.6 is 0 Å². The van der Waals surface area contributed by atoms with Gasteiger partial charge < -0.3 is 14.8 Å². The number of rotatable bonds is 6. The molecule has 4 heteroatoms. The Balaban J connectivity index is 2.10. The molecular weight excluding hydrogens is 206 g/mol. The largest absolute Gasteiger partial charge is 0.465 e. The summed E-state index contributed by atoms with van der Waals surface area (Å²) in [6.45, 7) is 6.96. The van der Waals surface area contributed by atoms with Crippen molar-refractivity contribution in [3.8, 4) is 0 Å². The third kappa shape index (κ3) is 5.47. The molecule has 0 aromatic heterocycles. The Morgan fingerprint density at radius 2 is 2.44 bits per heavy atom. The zero-order chi connectivity index (χ0) is 11.8. The summed E-state index contributed by atoms with van der Waals surface area (Å²) in [4.78, 5) is 11.5. The highest BCUT2D eigenvalue weighted by atomic mass is 16.5. The maximum atomic E-state index is 11.5. The topological polar surface area (TPSA) is 47.6 Å². The Labute approximate surface area is 97.7 Å². The average Bonchev–Trinajstić information content (AvgIpc) is 2.28. The molecule has 1 aliphatic heterocycles. The van der Waals surface area contributed by atoms with Crippen molar-refractivity contribution >= 4 is 5.97 Å². The first-order chi connectivity index (χ1) is 7.72. The van der Waals surface area contributed by atoms with Crippen molar-refractivity contribution in [2.75, 3.05) is 26.4 Å². The van der Waals surface area contributed by atoms with Gasteiger partial charge in [0.05, 0.1) is 26.2 Å². The molecule has 0 spiro atoms. The Morgan fingerprint density at radius 3 is 3.06 bits per heavy atom. The molecule has 4 nitrogen and oxygen atoms in total. The lowest BCUT2D eigenvalue weighted by molar-refractivity contribution is -0.146. The van der Waals surface area contributed by atoms with Crippen molar-refractivity contribution in [2.24, 2.45) is 5.92 Å². The summed E-state index contributed by atoms with van der Waals surface area (Å²) in [7, 11) is 0. The zero-order valence-corrected chi connectivity index (χ0v) is 10.3. The Bertz CT molecular complexity index is 202. The summed E-state index contributed by atoms with van der Waals surface area (Å²) in [5.74, 6) is 0.343. The molecule has 0 amide bonds. The van der Waals surface area contributed by atoms with E-state index >= 15 is 0 Å². The van der Waals surface area contributed by atoms with Crippen LogP contribution < -0.4 is 5.32 Å². The molecule has 0 saturated carbocycles. The molecule has 1 aliphatic rings. The van der Waals surface area contributed by atoms with Crippen LogP contribution in [0.15, 0.2) is 0 Å². The SMILES string of the molecule is CCCC(C)COC(=O)CC1COCCN1. The van der Waals surface area contributed by atoms with Gasteiger partial charge in [0.25, 0.3) is 0 Å². The molecule has 94 valence electrons.